The van der Waals surface area contributed by atoms with Crippen LogP contribution in [0.15, 0.2) is 18.2 Å². The minimum Gasteiger partial charge on any atom is -0.383 e. The maximum atomic E-state index is 13.3. The fourth-order valence-corrected chi connectivity index (χ4v) is 4.24. The van der Waals surface area contributed by atoms with Crippen molar-refractivity contribution < 1.29 is 19.1 Å². The molecule has 2 aliphatic heterocycles. The molecule has 30 heavy (non-hydrogen) atoms. The number of nitrogens with zero attached hydrogens (tertiary/aromatic N) is 3. The lowest BCUT2D eigenvalue weighted by molar-refractivity contribution is -0.125. The number of amides is 3. The highest BCUT2D eigenvalue weighted by Gasteiger charge is 2.40. The van der Waals surface area contributed by atoms with Crippen LogP contribution in [0.5, 0.6) is 0 Å². The summed E-state index contributed by atoms with van der Waals surface area (Å²) >= 11 is 0. The Labute approximate surface area is 178 Å². The monoisotopic (exact) mass is 416 g/mol. The van der Waals surface area contributed by atoms with Gasteiger partial charge in [-0.1, -0.05) is 0 Å². The molecule has 0 bridgehead atoms. The topological polar surface area (TPSA) is 82.2 Å². The number of fused-ring (bicyclic) bond motifs is 3. The van der Waals surface area contributed by atoms with Gasteiger partial charge in [-0.2, -0.15) is 0 Å². The molecule has 0 spiro atoms. The second kappa shape index (κ2) is 9.93. The standard InChI is InChI=1S/C22H32N4O4/c1-4-24(5-2)21(28)16-9-10-17-19(14-16)26(15-20(27)23-11-13-30-3)22(29)18-8-6-7-12-25(17)18/h9-10,14,18H,4-8,11-13,15H2,1-3H3,(H,23,27)/t18-/m0/s1. The average molecular weight is 417 g/mol. The van der Waals surface area contributed by atoms with E-state index in [9.17, 15) is 14.4 Å². The van der Waals surface area contributed by atoms with E-state index in [1.54, 1.807) is 23.0 Å². The van der Waals surface area contributed by atoms with Crippen molar-refractivity contribution in [3.63, 3.8) is 0 Å². The van der Waals surface area contributed by atoms with E-state index in [4.69, 9.17) is 4.74 Å². The average Bonchev–Trinajstić information content (AvgIpc) is 2.77. The van der Waals surface area contributed by atoms with Gasteiger partial charge in [-0.15, -0.1) is 0 Å². The molecule has 1 N–H and O–H groups in total. The Kier molecular flexibility index (Phi) is 7.31. The Morgan fingerprint density at radius 1 is 1.20 bits per heavy atom. The number of benzene rings is 1. The maximum absolute atomic E-state index is 13.3. The van der Waals surface area contributed by atoms with Crippen LogP contribution in [0.4, 0.5) is 11.4 Å². The van der Waals surface area contributed by atoms with E-state index in [0.717, 1.165) is 31.5 Å². The summed E-state index contributed by atoms with van der Waals surface area (Å²) in [5.41, 5.74) is 2.09. The summed E-state index contributed by atoms with van der Waals surface area (Å²) in [7, 11) is 1.57. The number of carbonyl (C=O) groups is 3. The molecule has 1 aromatic carbocycles. The van der Waals surface area contributed by atoms with Gasteiger partial charge in [0.25, 0.3) is 5.91 Å². The molecule has 0 aliphatic carbocycles. The Hall–Kier alpha value is -2.61. The van der Waals surface area contributed by atoms with Gasteiger partial charge in [0.2, 0.25) is 11.8 Å². The third kappa shape index (κ3) is 4.43. The number of nitrogens with one attached hydrogen (secondary N) is 1. The van der Waals surface area contributed by atoms with Crippen molar-refractivity contribution >= 4 is 29.1 Å². The number of hydrogen-bond acceptors (Lipinski definition) is 5. The van der Waals surface area contributed by atoms with Gasteiger partial charge >= 0.3 is 0 Å². The summed E-state index contributed by atoms with van der Waals surface area (Å²) in [4.78, 5) is 44.1. The molecule has 0 radical (unpaired) electrons. The van der Waals surface area contributed by atoms with Crippen LogP contribution < -0.4 is 15.1 Å². The summed E-state index contributed by atoms with van der Waals surface area (Å²) in [6.45, 7) is 6.66. The van der Waals surface area contributed by atoms with Gasteiger partial charge in [0.15, 0.2) is 0 Å². The first kappa shape index (κ1) is 22.1. The number of carbonyl (C=O) groups excluding carboxylic acids is 3. The molecule has 0 aromatic heterocycles. The maximum Gasteiger partial charge on any atom is 0.253 e. The molecule has 2 heterocycles. The first-order chi connectivity index (χ1) is 14.5. The van der Waals surface area contributed by atoms with Gasteiger partial charge in [-0.05, 0) is 51.3 Å². The van der Waals surface area contributed by atoms with E-state index in [0.29, 0.717) is 37.5 Å². The molecule has 3 amide bonds. The normalized spacial score (nSPS) is 18.0. The van der Waals surface area contributed by atoms with Gasteiger partial charge in [-0.3, -0.25) is 19.3 Å². The molecule has 3 rings (SSSR count). The third-order valence-corrected chi connectivity index (χ3v) is 5.86. The van der Waals surface area contributed by atoms with Crippen molar-refractivity contribution in [1.29, 1.82) is 0 Å². The molecule has 1 atom stereocenters. The highest BCUT2D eigenvalue weighted by atomic mass is 16.5. The molecule has 8 nitrogen and oxygen atoms in total. The molecule has 0 saturated carbocycles. The van der Waals surface area contributed by atoms with Crippen molar-refractivity contribution in [2.24, 2.45) is 0 Å². The lowest BCUT2D eigenvalue weighted by Crippen LogP contribution is -2.57. The Morgan fingerprint density at radius 3 is 2.67 bits per heavy atom. The molecule has 8 heteroatoms. The Balaban J connectivity index is 1.94. The van der Waals surface area contributed by atoms with E-state index >= 15 is 0 Å². The Bertz CT molecular complexity index is 793. The fourth-order valence-electron chi connectivity index (χ4n) is 4.24. The van der Waals surface area contributed by atoms with Gasteiger partial charge in [0.05, 0.1) is 18.0 Å². The van der Waals surface area contributed by atoms with Gasteiger partial charge in [-0.25, -0.2) is 0 Å². The largest absolute Gasteiger partial charge is 0.383 e. The number of anilines is 2. The van der Waals surface area contributed by atoms with E-state index in [1.165, 1.54) is 0 Å². The van der Waals surface area contributed by atoms with E-state index in [2.05, 4.69) is 10.2 Å². The summed E-state index contributed by atoms with van der Waals surface area (Å²) in [6.07, 6.45) is 2.80. The lowest BCUT2D eigenvalue weighted by Gasteiger charge is -2.45. The lowest BCUT2D eigenvalue weighted by atomic mass is 9.95. The minimum absolute atomic E-state index is 0.0667. The van der Waals surface area contributed by atoms with Crippen molar-refractivity contribution in [2.75, 3.05) is 56.2 Å². The van der Waals surface area contributed by atoms with E-state index in [1.807, 2.05) is 26.0 Å². The summed E-state index contributed by atoms with van der Waals surface area (Å²) in [6, 6.07) is 5.27. The highest BCUT2D eigenvalue weighted by molar-refractivity contribution is 6.09. The highest BCUT2D eigenvalue weighted by Crippen LogP contribution is 2.40. The van der Waals surface area contributed by atoms with E-state index in [-0.39, 0.29) is 30.3 Å². The van der Waals surface area contributed by atoms with Crippen LogP contribution >= 0.6 is 0 Å². The van der Waals surface area contributed by atoms with Gasteiger partial charge in [0, 0.05) is 38.9 Å². The van der Waals surface area contributed by atoms with Crippen molar-refractivity contribution in [3.05, 3.63) is 23.8 Å². The zero-order valence-corrected chi connectivity index (χ0v) is 18.1. The quantitative estimate of drug-likeness (QED) is 0.652. The van der Waals surface area contributed by atoms with Crippen LogP contribution in [0.1, 0.15) is 43.5 Å². The molecule has 1 aromatic rings. The molecule has 1 fully saturated rings. The molecular weight excluding hydrogens is 384 g/mol. The van der Waals surface area contributed by atoms with Crippen LogP contribution in [0.2, 0.25) is 0 Å². The predicted molar refractivity (Wildman–Crippen MR) is 116 cm³/mol. The fraction of sp³-hybridized carbons (Fsp3) is 0.591. The molecule has 2 aliphatic rings. The smallest absolute Gasteiger partial charge is 0.253 e. The molecule has 1 saturated heterocycles. The van der Waals surface area contributed by atoms with Crippen molar-refractivity contribution in [3.8, 4) is 0 Å². The zero-order chi connectivity index (χ0) is 21.7. The second-order valence-corrected chi connectivity index (χ2v) is 7.65. The second-order valence-electron chi connectivity index (χ2n) is 7.65. The summed E-state index contributed by atoms with van der Waals surface area (Å²) in [5.74, 6) is -0.381. The summed E-state index contributed by atoms with van der Waals surface area (Å²) in [5, 5.41) is 2.78. The van der Waals surface area contributed by atoms with E-state index < -0.39 is 0 Å². The van der Waals surface area contributed by atoms with Crippen LogP contribution in [-0.4, -0.2) is 75.1 Å². The number of rotatable bonds is 8. The number of ether oxygens (including phenoxy) is 1. The number of hydrogen-bond donors (Lipinski definition) is 1. The Morgan fingerprint density at radius 2 is 1.97 bits per heavy atom. The predicted octanol–water partition coefficient (Wildman–Crippen LogP) is 1.64. The molecule has 0 unspecified atom stereocenters. The zero-order valence-electron chi connectivity index (χ0n) is 18.1. The van der Waals surface area contributed by atoms with Crippen molar-refractivity contribution in [2.45, 2.75) is 39.2 Å². The molecule has 164 valence electrons. The van der Waals surface area contributed by atoms with Gasteiger partial charge < -0.3 is 19.9 Å². The van der Waals surface area contributed by atoms with Crippen LogP contribution in [0.3, 0.4) is 0 Å². The number of piperidine rings is 1. The SMILES string of the molecule is CCN(CC)C(=O)c1ccc2c(c1)N(CC(=O)NCCOC)C(=O)[C@@H]1CCCCN21. The third-order valence-electron chi connectivity index (χ3n) is 5.86. The molecular formula is C22H32N4O4. The first-order valence-corrected chi connectivity index (χ1v) is 10.8. The van der Waals surface area contributed by atoms with Crippen LogP contribution in [0, 0.1) is 0 Å². The van der Waals surface area contributed by atoms with Gasteiger partial charge in [0.1, 0.15) is 12.6 Å². The summed E-state index contributed by atoms with van der Waals surface area (Å²) < 4.78 is 4.97. The number of methoxy groups -OCH3 is 1. The van der Waals surface area contributed by atoms with Crippen LogP contribution in [0.25, 0.3) is 0 Å². The van der Waals surface area contributed by atoms with Crippen LogP contribution in [-0.2, 0) is 14.3 Å². The van der Waals surface area contributed by atoms with Crippen molar-refractivity contribution in [1.82, 2.24) is 10.2 Å². The minimum atomic E-state index is -0.248. The first-order valence-electron chi connectivity index (χ1n) is 10.8.